The molecule has 1 aliphatic heterocycles. The van der Waals surface area contributed by atoms with E-state index in [2.05, 4.69) is 35.6 Å². The minimum atomic E-state index is -0.00627. The molecule has 0 aliphatic carbocycles. The smallest absolute Gasteiger partial charge is 0.225 e. The summed E-state index contributed by atoms with van der Waals surface area (Å²) in [5, 5.41) is 7.43. The van der Waals surface area contributed by atoms with Crippen LogP contribution in [-0.4, -0.2) is 28.9 Å². The van der Waals surface area contributed by atoms with Gasteiger partial charge in [0.1, 0.15) is 11.5 Å². The maximum atomic E-state index is 7.43. The number of anilines is 1. The zero-order valence-electron chi connectivity index (χ0n) is 12.0. The standard InChI is InChI=1S/C14H23N5/c1-14(2,3)10-5-8-19(9-6-10)13-17-7-4-11(18-13)12(15)16/h4,7,10H,5-6,8-9H2,1-3H3,(H3,15,16). The van der Waals surface area contributed by atoms with E-state index in [1.807, 2.05) is 0 Å². The van der Waals surface area contributed by atoms with E-state index in [4.69, 9.17) is 11.1 Å². The predicted octanol–water partition coefficient (Wildman–Crippen LogP) is 2.02. The van der Waals surface area contributed by atoms with E-state index in [0.717, 1.165) is 31.8 Å². The molecule has 0 unspecified atom stereocenters. The summed E-state index contributed by atoms with van der Waals surface area (Å²) < 4.78 is 0. The lowest BCUT2D eigenvalue weighted by molar-refractivity contribution is 0.198. The van der Waals surface area contributed by atoms with Gasteiger partial charge in [-0.2, -0.15) is 0 Å². The number of nitrogens with zero attached hydrogens (tertiary/aromatic N) is 3. The summed E-state index contributed by atoms with van der Waals surface area (Å²) in [6.07, 6.45) is 4.00. The van der Waals surface area contributed by atoms with Gasteiger partial charge in [0.2, 0.25) is 5.95 Å². The molecule has 3 N–H and O–H groups in total. The normalized spacial score (nSPS) is 17.5. The molecule has 0 spiro atoms. The van der Waals surface area contributed by atoms with E-state index < -0.39 is 0 Å². The topological polar surface area (TPSA) is 78.9 Å². The van der Waals surface area contributed by atoms with Crippen molar-refractivity contribution in [2.24, 2.45) is 17.1 Å². The molecular formula is C14H23N5. The van der Waals surface area contributed by atoms with Crippen molar-refractivity contribution in [1.82, 2.24) is 9.97 Å². The first-order valence-corrected chi connectivity index (χ1v) is 6.80. The van der Waals surface area contributed by atoms with Crippen molar-refractivity contribution < 1.29 is 0 Å². The van der Waals surface area contributed by atoms with Gasteiger partial charge in [0.25, 0.3) is 0 Å². The van der Waals surface area contributed by atoms with Crippen LogP contribution in [0, 0.1) is 16.7 Å². The first kappa shape index (κ1) is 13.8. The van der Waals surface area contributed by atoms with Crippen LogP contribution in [0.1, 0.15) is 39.3 Å². The first-order chi connectivity index (χ1) is 8.88. The zero-order chi connectivity index (χ0) is 14.0. The molecule has 104 valence electrons. The summed E-state index contributed by atoms with van der Waals surface area (Å²) in [6, 6.07) is 1.67. The minimum absolute atomic E-state index is 0.00627. The summed E-state index contributed by atoms with van der Waals surface area (Å²) in [4.78, 5) is 10.8. The van der Waals surface area contributed by atoms with E-state index in [0.29, 0.717) is 17.1 Å². The third-order valence-electron chi connectivity index (χ3n) is 3.92. The molecule has 1 aromatic heterocycles. The van der Waals surface area contributed by atoms with Gasteiger partial charge in [0.15, 0.2) is 0 Å². The molecule has 1 fully saturated rings. The van der Waals surface area contributed by atoms with Crippen LogP contribution in [0.4, 0.5) is 5.95 Å². The van der Waals surface area contributed by atoms with Crippen LogP contribution in [0.2, 0.25) is 0 Å². The van der Waals surface area contributed by atoms with Gasteiger partial charge in [-0.25, -0.2) is 9.97 Å². The van der Waals surface area contributed by atoms with Gasteiger partial charge < -0.3 is 10.6 Å². The van der Waals surface area contributed by atoms with Crippen LogP contribution in [0.5, 0.6) is 0 Å². The maximum Gasteiger partial charge on any atom is 0.225 e. The third kappa shape index (κ3) is 3.22. The van der Waals surface area contributed by atoms with E-state index >= 15 is 0 Å². The third-order valence-corrected chi connectivity index (χ3v) is 3.92. The number of nitrogens with two attached hydrogens (primary N) is 1. The van der Waals surface area contributed by atoms with Crippen LogP contribution in [0.3, 0.4) is 0 Å². The molecule has 0 radical (unpaired) electrons. The molecule has 19 heavy (non-hydrogen) atoms. The summed E-state index contributed by atoms with van der Waals surface area (Å²) >= 11 is 0. The fraction of sp³-hybridized carbons (Fsp3) is 0.643. The molecule has 2 heterocycles. The van der Waals surface area contributed by atoms with Crippen molar-refractivity contribution in [3.8, 4) is 0 Å². The van der Waals surface area contributed by atoms with Gasteiger partial charge in [-0.1, -0.05) is 20.8 Å². The Balaban J connectivity index is 2.05. The van der Waals surface area contributed by atoms with Crippen molar-refractivity contribution >= 4 is 11.8 Å². The number of amidine groups is 1. The molecule has 0 bridgehead atoms. The Labute approximate surface area is 114 Å². The summed E-state index contributed by atoms with van der Waals surface area (Å²) in [7, 11) is 0. The largest absolute Gasteiger partial charge is 0.382 e. The van der Waals surface area contributed by atoms with Gasteiger partial charge >= 0.3 is 0 Å². The highest BCUT2D eigenvalue weighted by Gasteiger charge is 2.29. The summed E-state index contributed by atoms with van der Waals surface area (Å²) in [5.74, 6) is 1.44. The van der Waals surface area contributed by atoms with E-state index in [-0.39, 0.29) is 5.84 Å². The van der Waals surface area contributed by atoms with Crippen molar-refractivity contribution in [2.45, 2.75) is 33.6 Å². The Hall–Kier alpha value is -1.65. The Kier molecular flexibility index (Phi) is 3.73. The molecule has 1 saturated heterocycles. The zero-order valence-corrected chi connectivity index (χ0v) is 12.0. The van der Waals surface area contributed by atoms with Gasteiger partial charge in [-0.05, 0) is 30.2 Å². The lowest BCUT2D eigenvalue weighted by Crippen LogP contribution is -2.39. The molecule has 2 rings (SSSR count). The van der Waals surface area contributed by atoms with Crippen molar-refractivity contribution in [3.63, 3.8) is 0 Å². The lowest BCUT2D eigenvalue weighted by Gasteiger charge is -2.38. The van der Waals surface area contributed by atoms with Crippen molar-refractivity contribution in [2.75, 3.05) is 18.0 Å². The molecule has 0 saturated carbocycles. The van der Waals surface area contributed by atoms with E-state index in [9.17, 15) is 0 Å². The quantitative estimate of drug-likeness (QED) is 0.630. The predicted molar refractivity (Wildman–Crippen MR) is 77.4 cm³/mol. The molecular weight excluding hydrogens is 238 g/mol. The molecule has 1 aliphatic rings. The van der Waals surface area contributed by atoms with Gasteiger partial charge in [-0.3, -0.25) is 5.41 Å². The number of nitrogens with one attached hydrogen (secondary N) is 1. The van der Waals surface area contributed by atoms with E-state index in [1.165, 1.54) is 0 Å². The number of hydrogen-bond donors (Lipinski definition) is 2. The minimum Gasteiger partial charge on any atom is -0.382 e. The van der Waals surface area contributed by atoms with E-state index in [1.54, 1.807) is 12.3 Å². The van der Waals surface area contributed by atoms with Crippen LogP contribution in [0.25, 0.3) is 0 Å². The lowest BCUT2D eigenvalue weighted by atomic mass is 9.75. The monoisotopic (exact) mass is 261 g/mol. The van der Waals surface area contributed by atoms with Crippen LogP contribution >= 0.6 is 0 Å². The number of rotatable bonds is 2. The molecule has 0 amide bonds. The van der Waals surface area contributed by atoms with Crippen molar-refractivity contribution in [1.29, 1.82) is 5.41 Å². The Bertz CT molecular complexity index is 455. The summed E-state index contributed by atoms with van der Waals surface area (Å²) in [6.45, 7) is 8.87. The second kappa shape index (κ2) is 5.15. The molecule has 5 nitrogen and oxygen atoms in total. The van der Waals surface area contributed by atoms with Gasteiger partial charge in [0.05, 0.1) is 0 Å². The molecule has 5 heteroatoms. The number of piperidine rings is 1. The highest BCUT2D eigenvalue weighted by molar-refractivity contribution is 5.93. The van der Waals surface area contributed by atoms with Gasteiger partial charge in [-0.15, -0.1) is 0 Å². The Morgan fingerprint density at radius 3 is 2.53 bits per heavy atom. The van der Waals surface area contributed by atoms with Crippen LogP contribution < -0.4 is 10.6 Å². The second-order valence-electron chi connectivity index (χ2n) is 6.28. The fourth-order valence-electron chi connectivity index (χ4n) is 2.60. The Morgan fingerprint density at radius 2 is 2.00 bits per heavy atom. The second-order valence-corrected chi connectivity index (χ2v) is 6.28. The number of nitrogen functional groups attached to an aromatic ring is 1. The first-order valence-electron chi connectivity index (χ1n) is 6.80. The number of aromatic nitrogens is 2. The van der Waals surface area contributed by atoms with Crippen LogP contribution in [0.15, 0.2) is 12.3 Å². The highest BCUT2D eigenvalue weighted by atomic mass is 15.3. The fourth-order valence-corrected chi connectivity index (χ4v) is 2.60. The van der Waals surface area contributed by atoms with Gasteiger partial charge in [0, 0.05) is 19.3 Å². The highest BCUT2D eigenvalue weighted by Crippen LogP contribution is 2.34. The molecule has 0 aromatic carbocycles. The number of hydrogen-bond acceptors (Lipinski definition) is 4. The average Bonchev–Trinajstić information content (AvgIpc) is 2.38. The molecule has 1 aromatic rings. The Morgan fingerprint density at radius 1 is 1.37 bits per heavy atom. The van der Waals surface area contributed by atoms with Crippen molar-refractivity contribution in [3.05, 3.63) is 18.0 Å². The SMILES string of the molecule is CC(C)(C)C1CCN(c2nccc(C(=N)N)n2)CC1. The van der Waals surface area contributed by atoms with Crippen LogP contribution in [-0.2, 0) is 0 Å². The average molecular weight is 261 g/mol. The molecule has 0 atom stereocenters. The maximum absolute atomic E-state index is 7.43. The summed E-state index contributed by atoms with van der Waals surface area (Å²) in [5.41, 5.74) is 6.34.